The molecule has 0 spiro atoms. The van der Waals surface area contributed by atoms with E-state index in [1.807, 2.05) is 6.07 Å². The van der Waals surface area contributed by atoms with Crippen LogP contribution < -0.4 is 14.8 Å². The topological polar surface area (TPSA) is 84.9 Å². The summed E-state index contributed by atoms with van der Waals surface area (Å²) in [4.78, 5) is 23.9. The number of carbonyl (C=O) groups is 2. The fraction of sp³-hybridized carbons (Fsp3) is 0.222. The van der Waals surface area contributed by atoms with Crippen LogP contribution in [0.2, 0.25) is 0 Å². The summed E-state index contributed by atoms with van der Waals surface area (Å²) in [6, 6.07) is 13.9. The van der Waals surface area contributed by atoms with Gasteiger partial charge in [0, 0.05) is 6.54 Å². The highest BCUT2D eigenvalue weighted by atomic mass is 16.6. The average Bonchev–Trinajstić information content (AvgIpc) is 2.62. The molecule has 0 aliphatic carbocycles. The van der Waals surface area contributed by atoms with Crippen molar-refractivity contribution in [1.29, 1.82) is 0 Å². The first-order valence-corrected chi connectivity index (χ1v) is 7.61. The number of para-hydroxylation sites is 1. The molecule has 2 aromatic carbocycles. The highest BCUT2D eigenvalue weighted by molar-refractivity contribution is 5.98. The van der Waals surface area contributed by atoms with Crippen LogP contribution in [0.4, 0.5) is 0 Å². The molecule has 1 atom stereocenters. The van der Waals surface area contributed by atoms with E-state index >= 15 is 0 Å². The summed E-state index contributed by atoms with van der Waals surface area (Å²) < 4.78 is 11.0. The van der Waals surface area contributed by atoms with Gasteiger partial charge in [-0.25, -0.2) is 0 Å². The second kappa shape index (κ2) is 7.04. The van der Waals surface area contributed by atoms with E-state index in [-0.39, 0.29) is 12.5 Å². The van der Waals surface area contributed by atoms with Gasteiger partial charge in [-0.1, -0.05) is 36.4 Å². The lowest BCUT2D eigenvalue weighted by Gasteiger charge is -2.21. The summed E-state index contributed by atoms with van der Waals surface area (Å²) in [5, 5.41) is 12.1. The third kappa shape index (κ3) is 3.32. The van der Waals surface area contributed by atoms with Gasteiger partial charge in [-0.05, 0) is 17.7 Å². The van der Waals surface area contributed by atoms with Crippen molar-refractivity contribution in [3.8, 4) is 11.5 Å². The molecule has 3 rings (SSSR count). The largest absolute Gasteiger partial charge is 0.486 e. The molecule has 1 heterocycles. The Bertz CT molecular complexity index is 744. The van der Waals surface area contributed by atoms with Gasteiger partial charge in [0.15, 0.2) is 11.5 Å². The quantitative estimate of drug-likeness (QED) is 0.878. The van der Waals surface area contributed by atoms with E-state index in [1.165, 1.54) is 0 Å². The van der Waals surface area contributed by atoms with Crippen LogP contribution in [0.25, 0.3) is 0 Å². The molecule has 6 nitrogen and oxygen atoms in total. The fourth-order valence-electron chi connectivity index (χ4n) is 2.58. The average molecular weight is 327 g/mol. The van der Waals surface area contributed by atoms with Gasteiger partial charge in [-0.2, -0.15) is 0 Å². The van der Waals surface area contributed by atoms with E-state index in [4.69, 9.17) is 9.47 Å². The van der Waals surface area contributed by atoms with Gasteiger partial charge < -0.3 is 19.9 Å². The van der Waals surface area contributed by atoms with Crippen molar-refractivity contribution in [3.05, 3.63) is 59.7 Å². The second-order valence-electron chi connectivity index (χ2n) is 5.34. The zero-order chi connectivity index (χ0) is 16.9. The Morgan fingerprint density at radius 3 is 2.54 bits per heavy atom. The first-order chi connectivity index (χ1) is 11.7. The zero-order valence-electron chi connectivity index (χ0n) is 12.9. The van der Waals surface area contributed by atoms with Crippen molar-refractivity contribution >= 4 is 11.9 Å². The first-order valence-electron chi connectivity index (χ1n) is 7.61. The van der Waals surface area contributed by atoms with E-state index in [0.717, 1.165) is 0 Å². The predicted octanol–water partition coefficient (Wildman–Crippen LogP) is 2.06. The number of carbonyl (C=O) groups excluding carboxylic acids is 1. The van der Waals surface area contributed by atoms with Crippen molar-refractivity contribution in [3.63, 3.8) is 0 Å². The van der Waals surface area contributed by atoms with Crippen LogP contribution in [0.3, 0.4) is 0 Å². The van der Waals surface area contributed by atoms with Crippen molar-refractivity contribution in [2.24, 2.45) is 0 Å². The predicted molar refractivity (Wildman–Crippen MR) is 86.6 cm³/mol. The third-order valence-corrected chi connectivity index (χ3v) is 3.78. The Morgan fingerprint density at radius 1 is 1.04 bits per heavy atom. The molecule has 6 heteroatoms. The molecule has 0 saturated carbocycles. The van der Waals surface area contributed by atoms with Crippen LogP contribution in [0.15, 0.2) is 48.5 Å². The second-order valence-corrected chi connectivity index (χ2v) is 5.34. The Labute approximate surface area is 139 Å². The van der Waals surface area contributed by atoms with Gasteiger partial charge in [0.25, 0.3) is 5.91 Å². The molecule has 2 N–H and O–H groups in total. The molecule has 1 aliphatic heterocycles. The van der Waals surface area contributed by atoms with Crippen LogP contribution in [0, 0.1) is 0 Å². The summed E-state index contributed by atoms with van der Waals surface area (Å²) in [6.45, 7) is 0.801. The van der Waals surface area contributed by atoms with Gasteiger partial charge in [0.05, 0.1) is 11.5 Å². The van der Waals surface area contributed by atoms with Gasteiger partial charge >= 0.3 is 5.97 Å². The Balaban J connectivity index is 1.74. The maximum Gasteiger partial charge on any atom is 0.312 e. The molecule has 2 aromatic rings. The number of hydrogen-bond acceptors (Lipinski definition) is 4. The maximum atomic E-state index is 12.4. The number of aliphatic carboxylic acids is 1. The lowest BCUT2D eigenvalue weighted by molar-refractivity contribution is -0.138. The van der Waals surface area contributed by atoms with Crippen LogP contribution in [-0.2, 0) is 4.79 Å². The van der Waals surface area contributed by atoms with E-state index in [2.05, 4.69) is 5.32 Å². The summed E-state index contributed by atoms with van der Waals surface area (Å²) in [7, 11) is 0. The highest BCUT2D eigenvalue weighted by Gasteiger charge is 2.23. The van der Waals surface area contributed by atoms with Crippen LogP contribution >= 0.6 is 0 Å². The molecule has 24 heavy (non-hydrogen) atoms. The molecule has 0 radical (unpaired) electrons. The standard InChI is InChI=1S/C18H17NO5/c20-17(13-7-4-8-15-16(13)24-10-9-23-15)19-11-14(18(21)22)12-5-2-1-3-6-12/h1-8,14H,9-11H2,(H,19,20)(H,21,22). The molecular formula is C18H17NO5. The Kier molecular flexibility index (Phi) is 4.65. The van der Waals surface area contributed by atoms with Crippen LogP contribution in [0.5, 0.6) is 11.5 Å². The van der Waals surface area contributed by atoms with Gasteiger partial charge in [0.1, 0.15) is 13.2 Å². The normalized spacial score (nSPS) is 13.8. The molecule has 0 saturated heterocycles. The van der Waals surface area contributed by atoms with Gasteiger partial charge in [0.2, 0.25) is 0 Å². The number of fused-ring (bicyclic) bond motifs is 1. The minimum atomic E-state index is -0.990. The van der Waals surface area contributed by atoms with Crippen LogP contribution in [0.1, 0.15) is 21.8 Å². The van der Waals surface area contributed by atoms with E-state index in [0.29, 0.717) is 35.8 Å². The van der Waals surface area contributed by atoms with Crippen molar-refractivity contribution in [1.82, 2.24) is 5.32 Å². The maximum absolute atomic E-state index is 12.4. The lowest BCUT2D eigenvalue weighted by atomic mass is 9.99. The van der Waals surface area contributed by atoms with E-state index in [1.54, 1.807) is 42.5 Å². The minimum absolute atomic E-state index is 0.0112. The summed E-state index contributed by atoms with van der Waals surface area (Å²) in [6.07, 6.45) is 0. The molecule has 1 amide bonds. The number of ether oxygens (including phenoxy) is 2. The molecule has 1 aliphatic rings. The summed E-state index contributed by atoms with van der Waals surface area (Å²) in [5.41, 5.74) is 0.976. The van der Waals surface area contributed by atoms with Gasteiger partial charge in [-0.15, -0.1) is 0 Å². The SMILES string of the molecule is O=C(NCC(C(=O)O)c1ccccc1)c1cccc2c1OCCO2. The van der Waals surface area contributed by atoms with E-state index in [9.17, 15) is 14.7 Å². The molecule has 124 valence electrons. The Hall–Kier alpha value is -3.02. The number of nitrogens with one attached hydrogen (secondary N) is 1. The zero-order valence-corrected chi connectivity index (χ0v) is 12.9. The fourth-order valence-corrected chi connectivity index (χ4v) is 2.58. The molecule has 0 aromatic heterocycles. The molecular weight excluding hydrogens is 310 g/mol. The van der Waals surface area contributed by atoms with Crippen molar-refractivity contribution < 1.29 is 24.2 Å². The molecule has 0 fully saturated rings. The number of rotatable bonds is 5. The summed E-state index contributed by atoms with van der Waals surface area (Å²) in [5.74, 6) is -1.28. The number of carboxylic acids is 1. The van der Waals surface area contributed by atoms with Crippen molar-refractivity contribution in [2.75, 3.05) is 19.8 Å². The van der Waals surface area contributed by atoms with Gasteiger partial charge in [-0.3, -0.25) is 9.59 Å². The number of benzene rings is 2. The monoisotopic (exact) mass is 327 g/mol. The highest BCUT2D eigenvalue weighted by Crippen LogP contribution is 2.33. The van der Waals surface area contributed by atoms with E-state index < -0.39 is 11.9 Å². The first kappa shape index (κ1) is 15.9. The Morgan fingerprint density at radius 2 is 1.79 bits per heavy atom. The number of hydrogen-bond donors (Lipinski definition) is 2. The minimum Gasteiger partial charge on any atom is -0.486 e. The number of amides is 1. The third-order valence-electron chi connectivity index (χ3n) is 3.78. The van der Waals surface area contributed by atoms with Crippen LogP contribution in [-0.4, -0.2) is 36.7 Å². The lowest BCUT2D eigenvalue weighted by Crippen LogP contribution is -2.32. The molecule has 0 bridgehead atoms. The molecule has 1 unspecified atom stereocenters. The summed E-state index contributed by atoms with van der Waals surface area (Å²) >= 11 is 0. The van der Waals surface area contributed by atoms with Crippen molar-refractivity contribution in [2.45, 2.75) is 5.92 Å². The number of carboxylic acid groups (broad SMARTS) is 1. The smallest absolute Gasteiger partial charge is 0.312 e.